The molecule has 22 heavy (non-hydrogen) atoms. The van der Waals surface area contributed by atoms with Gasteiger partial charge in [0.25, 0.3) is 5.91 Å². The van der Waals surface area contributed by atoms with Crippen LogP contribution in [0.4, 0.5) is 0 Å². The van der Waals surface area contributed by atoms with Crippen molar-refractivity contribution in [3.8, 4) is 5.75 Å². The Hall–Kier alpha value is -1.75. The van der Waals surface area contributed by atoms with Gasteiger partial charge in [0, 0.05) is 18.1 Å². The summed E-state index contributed by atoms with van der Waals surface area (Å²) in [7, 11) is 1.50. The molecule has 1 unspecified atom stereocenters. The number of hydrogen-bond donors (Lipinski definition) is 1. The predicted molar refractivity (Wildman–Crippen MR) is 85.1 cm³/mol. The molecule has 0 aliphatic carbocycles. The van der Waals surface area contributed by atoms with Gasteiger partial charge < -0.3 is 15.4 Å². The molecule has 1 aliphatic heterocycles. The monoisotopic (exact) mass is 324 g/mol. The molecule has 1 atom stereocenters. The lowest BCUT2D eigenvalue weighted by Crippen LogP contribution is -2.51. The third-order valence-electron chi connectivity index (χ3n) is 4.46. The molecule has 1 saturated heterocycles. The van der Waals surface area contributed by atoms with Crippen molar-refractivity contribution in [3.05, 3.63) is 28.8 Å². The fourth-order valence-electron chi connectivity index (χ4n) is 2.98. The number of carbonyl (C=O) groups excluding carboxylic acids is 2. The quantitative estimate of drug-likeness (QED) is 0.924. The van der Waals surface area contributed by atoms with Crippen molar-refractivity contribution < 1.29 is 14.3 Å². The summed E-state index contributed by atoms with van der Waals surface area (Å²) in [5.74, 6) is -0.0629. The average molecular weight is 325 g/mol. The van der Waals surface area contributed by atoms with Crippen LogP contribution in [-0.4, -0.2) is 36.9 Å². The molecule has 2 amide bonds. The Kier molecular flexibility index (Phi) is 4.96. The second-order valence-corrected chi connectivity index (χ2v) is 6.11. The van der Waals surface area contributed by atoms with E-state index in [-0.39, 0.29) is 11.8 Å². The van der Waals surface area contributed by atoms with Crippen molar-refractivity contribution in [1.29, 1.82) is 0 Å². The number of piperidine rings is 1. The lowest BCUT2D eigenvalue weighted by molar-refractivity contribution is -0.130. The predicted octanol–water partition coefficient (Wildman–Crippen LogP) is 2.47. The molecule has 5 nitrogen and oxygen atoms in total. The minimum absolute atomic E-state index is 0.160. The zero-order valence-electron chi connectivity index (χ0n) is 12.9. The Morgan fingerprint density at radius 2 is 2.18 bits per heavy atom. The van der Waals surface area contributed by atoms with Gasteiger partial charge in [-0.2, -0.15) is 0 Å². The maximum atomic E-state index is 12.8. The first-order valence-corrected chi connectivity index (χ1v) is 7.74. The van der Waals surface area contributed by atoms with Crippen molar-refractivity contribution >= 4 is 23.4 Å². The molecule has 1 aromatic carbocycles. The number of primary amides is 1. The van der Waals surface area contributed by atoms with Crippen LogP contribution in [0.1, 0.15) is 36.5 Å². The number of nitrogens with two attached hydrogens (primary N) is 1. The molecule has 0 spiro atoms. The summed E-state index contributed by atoms with van der Waals surface area (Å²) < 4.78 is 5.24. The van der Waals surface area contributed by atoms with Crippen molar-refractivity contribution in [2.45, 2.75) is 26.2 Å². The van der Waals surface area contributed by atoms with Gasteiger partial charge >= 0.3 is 0 Å². The number of halogens is 1. The first kappa shape index (κ1) is 16.6. The summed E-state index contributed by atoms with van der Waals surface area (Å²) in [6.07, 6.45) is 2.11. The summed E-state index contributed by atoms with van der Waals surface area (Å²) >= 11 is 5.93. The van der Waals surface area contributed by atoms with Crippen LogP contribution in [-0.2, 0) is 4.79 Å². The van der Waals surface area contributed by atoms with E-state index in [9.17, 15) is 9.59 Å². The van der Waals surface area contributed by atoms with Crippen LogP contribution in [0.5, 0.6) is 5.75 Å². The van der Waals surface area contributed by atoms with Gasteiger partial charge in [-0.25, -0.2) is 0 Å². The van der Waals surface area contributed by atoms with Crippen molar-refractivity contribution in [3.63, 3.8) is 0 Å². The largest absolute Gasteiger partial charge is 0.496 e. The number of carbonyl (C=O) groups is 2. The van der Waals surface area contributed by atoms with Gasteiger partial charge in [0.05, 0.1) is 18.1 Å². The zero-order chi connectivity index (χ0) is 16.3. The summed E-state index contributed by atoms with van der Waals surface area (Å²) in [5.41, 5.74) is 5.39. The first-order valence-electron chi connectivity index (χ1n) is 7.36. The fraction of sp³-hybridized carbons (Fsp3) is 0.500. The average Bonchev–Trinajstić information content (AvgIpc) is 2.53. The summed E-state index contributed by atoms with van der Waals surface area (Å²) in [6.45, 7) is 2.89. The molecule has 0 saturated carbocycles. The van der Waals surface area contributed by atoms with E-state index in [0.717, 1.165) is 12.8 Å². The van der Waals surface area contributed by atoms with Gasteiger partial charge in [0.2, 0.25) is 5.91 Å². The summed E-state index contributed by atoms with van der Waals surface area (Å²) in [5, 5.41) is 0.507. The Labute approximate surface area is 135 Å². The highest BCUT2D eigenvalue weighted by atomic mass is 35.5. The van der Waals surface area contributed by atoms with Crippen LogP contribution in [0.15, 0.2) is 18.2 Å². The minimum atomic E-state index is -0.631. The van der Waals surface area contributed by atoms with Crippen LogP contribution >= 0.6 is 11.6 Å². The number of ether oxygens (including phenoxy) is 1. The molecule has 0 bridgehead atoms. The van der Waals surface area contributed by atoms with Gasteiger partial charge in [-0.1, -0.05) is 18.5 Å². The molecule has 120 valence electrons. The molecule has 1 fully saturated rings. The number of methoxy groups -OCH3 is 1. The lowest BCUT2D eigenvalue weighted by atomic mass is 9.77. The van der Waals surface area contributed by atoms with E-state index in [2.05, 4.69) is 0 Å². The Morgan fingerprint density at radius 1 is 1.45 bits per heavy atom. The first-order chi connectivity index (χ1) is 10.4. The fourth-order valence-corrected chi connectivity index (χ4v) is 3.14. The number of rotatable bonds is 4. The molecule has 6 heteroatoms. The molecule has 1 aromatic rings. The van der Waals surface area contributed by atoms with E-state index >= 15 is 0 Å². The number of nitrogens with zero attached hydrogens (tertiary/aromatic N) is 1. The molecule has 1 heterocycles. The third kappa shape index (κ3) is 3.04. The SMILES string of the molecule is CCC1(C(N)=O)CCCN(C(=O)c2ccc(Cl)cc2OC)C1. The number of hydrogen-bond acceptors (Lipinski definition) is 3. The molecule has 1 aliphatic rings. The van der Waals surface area contributed by atoms with E-state index in [4.69, 9.17) is 22.1 Å². The number of benzene rings is 1. The third-order valence-corrected chi connectivity index (χ3v) is 4.69. The summed E-state index contributed by atoms with van der Waals surface area (Å²) in [6, 6.07) is 4.91. The summed E-state index contributed by atoms with van der Waals surface area (Å²) in [4.78, 5) is 26.3. The lowest BCUT2D eigenvalue weighted by Gasteiger charge is -2.40. The molecule has 2 rings (SSSR count). The maximum Gasteiger partial charge on any atom is 0.257 e. The molecule has 2 N–H and O–H groups in total. The van der Waals surface area contributed by atoms with Gasteiger partial charge in [-0.3, -0.25) is 9.59 Å². The maximum absolute atomic E-state index is 12.8. The zero-order valence-corrected chi connectivity index (χ0v) is 13.7. The Morgan fingerprint density at radius 3 is 2.77 bits per heavy atom. The molecular weight excluding hydrogens is 304 g/mol. The minimum Gasteiger partial charge on any atom is -0.496 e. The van der Waals surface area contributed by atoms with Crippen LogP contribution in [0.3, 0.4) is 0 Å². The van der Waals surface area contributed by atoms with Crippen molar-refractivity contribution in [2.75, 3.05) is 20.2 Å². The van der Waals surface area contributed by atoms with Crippen LogP contribution in [0.2, 0.25) is 5.02 Å². The van der Waals surface area contributed by atoms with E-state index in [1.807, 2.05) is 6.92 Å². The van der Waals surface area contributed by atoms with E-state index in [0.29, 0.717) is 35.8 Å². The van der Waals surface area contributed by atoms with Gasteiger partial charge in [0.1, 0.15) is 5.75 Å². The smallest absolute Gasteiger partial charge is 0.257 e. The number of amides is 2. The second kappa shape index (κ2) is 6.57. The molecular formula is C16H21ClN2O3. The Balaban J connectivity index is 2.28. The van der Waals surface area contributed by atoms with Gasteiger partial charge in [-0.05, 0) is 37.5 Å². The topological polar surface area (TPSA) is 72.6 Å². The molecule has 0 radical (unpaired) electrons. The van der Waals surface area contributed by atoms with Gasteiger partial charge in [-0.15, -0.1) is 0 Å². The highest BCUT2D eigenvalue weighted by Gasteiger charge is 2.41. The van der Waals surface area contributed by atoms with Crippen LogP contribution in [0, 0.1) is 5.41 Å². The van der Waals surface area contributed by atoms with E-state index in [1.165, 1.54) is 7.11 Å². The second-order valence-electron chi connectivity index (χ2n) is 5.67. The molecule has 0 aromatic heterocycles. The van der Waals surface area contributed by atoms with E-state index in [1.54, 1.807) is 23.1 Å². The van der Waals surface area contributed by atoms with Crippen LogP contribution < -0.4 is 10.5 Å². The Bertz CT molecular complexity index is 591. The van der Waals surface area contributed by atoms with Crippen molar-refractivity contribution in [2.24, 2.45) is 11.1 Å². The highest BCUT2D eigenvalue weighted by molar-refractivity contribution is 6.30. The van der Waals surface area contributed by atoms with E-state index < -0.39 is 5.41 Å². The van der Waals surface area contributed by atoms with Gasteiger partial charge in [0.15, 0.2) is 0 Å². The van der Waals surface area contributed by atoms with Crippen LogP contribution in [0.25, 0.3) is 0 Å². The standard InChI is InChI=1S/C16H21ClN2O3/c1-3-16(15(18)21)7-4-8-19(10-16)14(20)12-6-5-11(17)9-13(12)22-2/h5-6,9H,3-4,7-8,10H2,1-2H3,(H2,18,21). The van der Waals surface area contributed by atoms with Crippen molar-refractivity contribution in [1.82, 2.24) is 4.90 Å². The normalized spacial score (nSPS) is 21.5. The number of likely N-dealkylation sites (tertiary alicyclic amines) is 1. The highest BCUT2D eigenvalue weighted by Crippen LogP contribution is 2.34.